The molecule has 0 saturated carbocycles. The van der Waals surface area contributed by atoms with E-state index in [0.717, 1.165) is 31.0 Å². The average molecular weight is 269 g/mol. The number of unbranched alkanes of at least 4 members (excludes halogenated alkanes) is 1. The highest BCUT2D eigenvalue weighted by molar-refractivity contribution is 5.33. The van der Waals surface area contributed by atoms with E-state index >= 15 is 0 Å². The minimum atomic E-state index is 0.886. The summed E-state index contributed by atoms with van der Waals surface area (Å²) in [7, 11) is 0. The van der Waals surface area contributed by atoms with Gasteiger partial charge in [-0.15, -0.1) is 0 Å². The van der Waals surface area contributed by atoms with Gasteiger partial charge < -0.3 is 10.1 Å². The summed E-state index contributed by atoms with van der Waals surface area (Å²) < 4.78 is 5.85. The third-order valence-electron chi connectivity index (χ3n) is 3.20. The van der Waals surface area contributed by atoms with Gasteiger partial charge in [-0.05, 0) is 62.2 Å². The first kappa shape index (κ1) is 14.6. The maximum Gasteiger partial charge on any atom is 0.127 e. The molecule has 2 aromatic carbocycles. The standard InChI is InChI=1S/C18H23NO/c1-2-19-14-7-6-9-16-10-8-13-18(15-16)20-17-11-4-3-5-12-17/h3-5,8,10-13,15,19H,2,6-7,9,14H2,1H3. The van der Waals surface area contributed by atoms with Crippen LogP contribution in [0.1, 0.15) is 25.3 Å². The molecule has 2 rings (SSSR count). The molecule has 0 saturated heterocycles. The Morgan fingerprint density at radius 3 is 2.50 bits per heavy atom. The van der Waals surface area contributed by atoms with E-state index < -0.39 is 0 Å². The number of rotatable bonds is 8. The molecule has 1 N–H and O–H groups in total. The average Bonchev–Trinajstić information content (AvgIpc) is 2.48. The summed E-state index contributed by atoms with van der Waals surface area (Å²) in [6, 6.07) is 18.3. The molecule has 0 unspecified atom stereocenters. The topological polar surface area (TPSA) is 21.3 Å². The predicted octanol–water partition coefficient (Wildman–Crippen LogP) is 4.41. The lowest BCUT2D eigenvalue weighted by molar-refractivity contribution is 0.482. The molecule has 106 valence electrons. The lowest BCUT2D eigenvalue weighted by atomic mass is 10.1. The van der Waals surface area contributed by atoms with Gasteiger partial charge >= 0.3 is 0 Å². The highest BCUT2D eigenvalue weighted by Crippen LogP contribution is 2.22. The van der Waals surface area contributed by atoms with Crippen LogP contribution in [0.25, 0.3) is 0 Å². The van der Waals surface area contributed by atoms with Gasteiger partial charge in [0.05, 0.1) is 0 Å². The van der Waals surface area contributed by atoms with Crippen molar-refractivity contribution in [3.63, 3.8) is 0 Å². The largest absolute Gasteiger partial charge is 0.457 e. The summed E-state index contributed by atoms with van der Waals surface area (Å²) in [5.41, 5.74) is 1.34. The Kier molecular flexibility index (Phi) is 6.12. The highest BCUT2D eigenvalue weighted by atomic mass is 16.5. The Morgan fingerprint density at radius 1 is 0.900 bits per heavy atom. The lowest BCUT2D eigenvalue weighted by Crippen LogP contribution is -2.13. The van der Waals surface area contributed by atoms with E-state index in [2.05, 4.69) is 30.4 Å². The molecule has 0 amide bonds. The molecule has 0 heterocycles. The van der Waals surface area contributed by atoms with Crippen molar-refractivity contribution in [2.24, 2.45) is 0 Å². The SMILES string of the molecule is CCNCCCCc1cccc(Oc2ccccc2)c1. The highest BCUT2D eigenvalue weighted by Gasteiger charge is 1.99. The van der Waals surface area contributed by atoms with Gasteiger partial charge in [0.2, 0.25) is 0 Å². The van der Waals surface area contributed by atoms with E-state index in [1.165, 1.54) is 18.4 Å². The zero-order chi connectivity index (χ0) is 14.0. The Labute approximate surface area is 121 Å². The van der Waals surface area contributed by atoms with Crippen molar-refractivity contribution in [3.8, 4) is 11.5 Å². The third kappa shape index (κ3) is 5.06. The van der Waals surface area contributed by atoms with Crippen molar-refractivity contribution in [3.05, 3.63) is 60.2 Å². The summed E-state index contributed by atoms with van der Waals surface area (Å²) in [4.78, 5) is 0. The fraction of sp³-hybridized carbons (Fsp3) is 0.333. The number of para-hydroxylation sites is 1. The van der Waals surface area contributed by atoms with Crippen LogP contribution in [0.2, 0.25) is 0 Å². The van der Waals surface area contributed by atoms with Crippen molar-refractivity contribution < 1.29 is 4.74 Å². The van der Waals surface area contributed by atoms with E-state index in [0.29, 0.717) is 0 Å². The number of ether oxygens (including phenoxy) is 1. The van der Waals surface area contributed by atoms with Crippen LogP contribution in [-0.4, -0.2) is 13.1 Å². The molecule has 0 fully saturated rings. The predicted molar refractivity (Wildman–Crippen MR) is 84.4 cm³/mol. The molecule has 0 aliphatic carbocycles. The van der Waals surface area contributed by atoms with Gasteiger partial charge in [-0.3, -0.25) is 0 Å². The minimum Gasteiger partial charge on any atom is -0.457 e. The van der Waals surface area contributed by atoms with Gasteiger partial charge in [0.15, 0.2) is 0 Å². The van der Waals surface area contributed by atoms with Crippen molar-refractivity contribution >= 4 is 0 Å². The zero-order valence-electron chi connectivity index (χ0n) is 12.1. The van der Waals surface area contributed by atoms with Gasteiger partial charge in [0, 0.05) is 0 Å². The van der Waals surface area contributed by atoms with E-state index in [4.69, 9.17) is 4.74 Å². The maximum atomic E-state index is 5.85. The van der Waals surface area contributed by atoms with Crippen molar-refractivity contribution in [1.82, 2.24) is 5.32 Å². The van der Waals surface area contributed by atoms with Gasteiger partial charge in [0.1, 0.15) is 11.5 Å². The van der Waals surface area contributed by atoms with Crippen LogP contribution in [0.3, 0.4) is 0 Å². The number of hydrogen-bond acceptors (Lipinski definition) is 2. The van der Waals surface area contributed by atoms with Gasteiger partial charge in [-0.1, -0.05) is 37.3 Å². The minimum absolute atomic E-state index is 0.886. The lowest BCUT2D eigenvalue weighted by Gasteiger charge is -2.08. The molecular weight excluding hydrogens is 246 g/mol. The van der Waals surface area contributed by atoms with Gasteiger partial charge in [0.25, 0.3) is 0 Å². The first-order valence-electron chi connectivity index (χ1n) is 7.41. The second kappa shape index (κ2) is 8.39. The molecule has 0 aliphatic rings. The molecule has 0 spiro atoms. The first-order chi connectivity index (χ1) is 9.88. The van der Waals surface area contributed by atoms with Gasteiger partial charge in [-0.25, -0.2) is 0 Å². The Hall–Kier alpha value is -1.80. The molecule has 2 aromatic rings. The van der Waals surface area contributed by atoms with E-state index in [9.17, 15) is 0 Å². The second-order valence-corrected chi connectivity index (χ2v) is 4.87. The number of benzene rings is 2. The van der Waals surface area contributed by atoms with Crippen LogP contribution >= 0.6 is 0 Å². The molecule has 0 atom stereocenters. The fourth-order valence-corrected chi connectivity index (χ4v) is 2.15. The van der Waals surface area contributed by atoms with Crippen LogP contribution in [0.5, 0.6) is 11.5 Å². The molecule has 0 bridgehead atoms. The normalized spacial score (nSPS) is 10.4. The fourth-order valence-electron chi connectivity index (χ4n) is 2.15. The van der Waals surface area contributed by atoms with E-state index in [1.807, 2.05) is 36.4 Å². The molecule has 20 heavy (non-hydrogen) atoms. The molecule has 0 radical (unpaired) electrons. The quantitative estimate of drug-likeness (QED) is 0.717. The second-order valence-electron chi connectivity index (χ2n) is 4.87. The Bertz CT molecular complexity index is 496. The molecule has 2 heteroatoms. The number of aryl methyl sites for hydroxylation is 1. The summed E-state index contributed by atoms with van der Waals surface area (Å²) in [5.74, 6) is 1.80. The summed E-state index contributed by atoms with van der Waals surface area (Å²) >= 11 is 0. The summed E-state index contributed by atoms with van der Waals surface area (Å²) in [5, 5.41) is 3.35. The van der Waals surface area contributed by atoms with Crippen molar-refractivity contribution in [2.75, 3.05) is 13.1 Å². The Morgan fingerprint density at radius 2 is 1.70 bits per heavy atom. The van der Waals surface area contributed by atoms with Crippen LogP contribution in [-0.2, 0) is 6.42 Å². The van der Waals surface area contributed by atoms with Crippen LogP contribution in [0, 0.1) is 0 Å². The van der Waals surface area contributed by atoms with E-state index in [1.54, 1.807) is 0 Å². The third-order valence-corrected chi connectivity index (χ3v) is 3.20. The zero-order valence-corrected chi connectivity index (χ0v) is 12.1. The number of nitrogens with one attached hydrogen (secondary N) is 1. The van der Waals surface area contributed by atoms with Crippen molar-refractivity contribution in [1.29, 1.82) is 0 Å². The van der Waals surface area contributed by atoms with Crippen LogP contribution in [0.15, 0.2) is 54.6 Å². The van der Waals surface area contributed by atoms with Crippen molar-refractivity contribution in [2.45, 2.75) is 26.2 Å². The van der Waals surface area contributed by atoms with Crippen LogP contribution in [0.4, 0.5) is 0 Å². The van der Waals surface area contributed by atoms with Gasteiger partial charge in [-0.2, -0.15) is 0 Å². The maximum absolute atomic E-state index is 5.85. The number of hydrogen-bond donors (Lipinski definition) is 1. The molecule has 2 nitrogen and oxygen atoms in total. The summed E-state index contributed by atoms with van der Waals surface area (Å²) in [6.07, 6.45) is 3.54. The Balaban J connectivity index is 1.84. The summed E-state index contributed by atoms with van der Waals surface area (Å²) in [6.45, 7) is 4.31. The van der Waals surface area contributed by atoms with E-state index in [-0.39, 0.29) is 0 Å². The smallest absolute Gasteiger partial charge is 0.127 e. The molecule has 0 aromatic heterocycles. The van der Waals surface area contributed by atoms with Crippen LogP contribution < -0.4 is 10.1 Å². The first-order valence-corrected chi connectivity index (χ1v) is 7.41. The molecular formula is C18H23NO. The monoisotopic (exact) mass is 269 g/mol. The molecule has 0 aliphatic heterocycles.